The summed E-state index contributed by atoms with van der Waals surface area (Å²) in [7, 11) is 7.00. The molecule has 0 bridgehead atoms. The largest absolute Gasteiger partial charge is 0.668 e. The molecular weight excluding hydrogens is 353 g/mol. The van der Waals surface area contributed by atoms with Crippen LogP contribution in [0, 0.1) is 0 Å². The zero-order chi connectivity index (χ0) is 12.4. The van der Waals surface area contributed by atoms with Gasteiger partial charge in [-0.15, -0.1) is 0 Å². The Balaban J connectivity index is -0.000000200. The Hall–Kier alpha value is 0.660. The number of hydrogen-bond donors (Lipinski definition) is 0. The Morgan fingerprint density at radius 3 is 1.20 bits per heavy atom. The minimum atomic E-state index is 0.0681. The van der Waals surface area contributed by atoms with Crippen LogP contribution >= 0.6 is 0 Å². The fourth-order valence-electron chi connectivity index (χ4n) is 0.652. The predicted molar refractivity (Wildman–Crippen MR) is 69.8 cm³/mol. The standard InChI is InChI=1S/2C4H9.2C2H6N.Ta/c2*1-3-4-2;2*1-3-2;/h2*1,3-4H2,2H3;2*1-2H3;/q;;2*-1;+2. The maximum atomic E-state index is 3.50. The molecule has 0 aromatic heterocycles. The van der Waals surface area contributed by atoms with Gasteiger partial charge >= 0.3 is 68.6 Å². The maximum Gasteiger partial charge on any atom is -0.162 e. The van der Waals surface area contributed by atoms with Crippen LogP contribution in [-0.2, 0) is 19.8 Å². The van der Waals surface area contributed by atoms with Crippen LogP contribution < -0.4 is 0 Å². The van der Waals surface area contributed by atoms with Gasteiger partial charge in [-0.3, -0.25) is 0 Å². The quantitative estimate of drug-likeness (QED) is 0.593. The third-order valence-corrected chi connectivity index (χ3v) is 5.88. The first-order valence-electron chi connectivity index (χ1n) is 5.84. The van der Waals surface area contributed by atoms with Gasteiger partial charge in [0.15, 0.2) is 0 Å². The first-order chi connectivity index (χ1) is 7.24. The second-order valence-corrected chi connectivity index (χ2v) is 8.09. The van der Waals surface area contributed by atoms with Crippen LogP contribution in [0.3, 0.4) is 0 Å². The van der Waals surface area contributed by atoms with Crippen molar-refractivity contribution in [2.45, 2.75) is 48.8 Å². The molecule has 0 aliphatic rings. The van der Waals surface area contributed by atoms with Gasteiger partial charge in [-0.05, 0) is 0 Å². The van der Waals surface area contributed by atoms with Crippen molar-refractivity contribution in [1.29, 1.82) is 0 Å². The SMILES string of the molecule is CCC[CH2][Ta+2][CH2]CCC.C[N-]C.C[N-]C. The summed E-state index contributed by atoms with van der Waals surface area (Å²) in [5.41, 5.74) is 0. The summed E-state index contributed by atoms with van der Waals surface area (Å²) in [5, 5.41) is 7.00. The monoisotopic (exact) mass is 383 g/mol. The van der Waals surface area contributed by atoms with E-state index in [1.807, 2.05) is 0 Å². The van der Waals surface area contributed by atoms with Gasteiger partial charge in [-0.1, -0.05) is 0 Å². The van der Waals surface area contributed by atoms with Gasteiger partial charge in [-0.2, -0.15) is 28.2 Å². The molecule has 0 saturated heterocycles. The van der Waals surface area contributed by atoms with Gasteiger partial charge in [0.25, 0.3) is 0 Å². The second-order valence-electron chi connectivity index (χ2n) is 3.27. The van der Waals surface area contributed by atoms with Crippen LogP contribution in [0.25, 0.3) is 10.6 Å². The number of unbranched alkanes of at least 4 members (excludes halogenated alkanes) is 2. The van der Waals surface area contributed by atoms with Crippen molar-refractivity contribution in [1.82, 2.24) is 0 Å². The molecule has 0 heterocycles. The summed E-state index contributed by atoms with van der Waals surface area (Å²) in [6.45, 7) is 4.59. The van der Waals surface area contributed by atoms with Gasteiger partial charge < -0.3 is 10.6 Å². The van der Waals surface area contributed by atoms with Crippen molar-refractivity contribution in [3.8, 4) is 0 Å². The molecule has 3 heteroatoms. The van der Waals surface area contributed by atoms with E-state index < -0.39 is 0 Å². The summed E-state index contributed by atoms with van der Waals surface area (Å²) < 4.78 is 3.27. The van der Waals surface area contributed by atoms with Gasteiger partial charge in [0.05, 0.1) is 0 Å². The average molecular weight is 383 g/mol. The Kier molecular flexibility index (Phi) is 41.0. The van der Waals surface area contributed by atoms with Crippen LogP contribution in [0.4, 0.5) is 0 Å². The van der Waals surface area contributed by atoms with Crippen molar-refractivity contribution in [2.24, 2.45) is 0 Å². The van der Waals surface area contributed by atoms with Gasteiger partial charge in [0.2, 0.25) is 0 Å². The van der Waals surface area contributed by atoms with Gasteiger partial charge in [0, 0.05) is 0 Å². The number of hydrogen-bond acceptors (Lipinski definition) is 0. The topological polar surface area (TPSA) is 28.2 Å². The van der Waals surface area contributed by atoms with Crippen LogP contribution in [0.5, 0.6) is 0 Å². The molecule has 0 amide bonds. The zero-order valence-corrected chi connectivity index (χ0v) is 14.8. The molecule has 0 spiro atoms. The molecular formula is C12H30N2Ta. The molecule has 2 nitrogen and oxygen atoms in total. The minimum absolute atomic E-state index is 0.0681. The molecule has 93 valence electrons. The predicted octanol–water partition coefficient (Wildman–Crippen LogP) is 4.75. The fourth-order valence-corrected chi connectivity index (χ4v) is 5.33. The van der Waals surface area contributed by atoms with Crippen molar-refractivity contribution in [3.63, 3.8) is 0 Å². The Bertz CT molecular complexity index is 62.6. The summed E-state index contributed by atoms with van der Waals surface area (Å²) in [6, 6.07) is 0. The summed E-state index contributed by atoms with van der Waals surface area (Å²) in [4.78, 5) is 0. The van der Waals surface area contributed by atoms with Crippen LogP contribution in [0.1, 0.15) is 39.5 Å². The molecule has 0 aromatic rings. The molecule has 0 aliphatic carbocycles. The molecule has 0 rings (SSSR count). The Labute approximate surface area is 107 Å². The van der Waals surface area contributed by atoms with Crippen molar-refractivity contribution < 1.29 is 19.8 Å². The van der Waals surface area contributed by atoms with E-state index in [2.05, 4.69) is 24.5 Å². The van der Waals surface area contributed by atoms with Gasteiger partial charge in [-0.25, -0.2) is 0 Å². The third-order valence-electron chi connectivity index (χ3n) is 1.34. The summed E-state index contributed by atoms with van der Waals surface area (Å²) in [6.07, 6.45) is 5.85. The summed E-state index contributed by atoms with van der Waals surface area (Å²) >= 11 is 0.0681. The third kappa shape index (κ3) is 53.0. The normalized spacial score (nSPS) is 7.87. The van der Waals surface area contributed by atoms with E-state index in [9.17, 15) is 0 Å². The van der Waals surface area contributed by atoms with E-state index in [1.165, 1.54) is 25.7 Å². The summed E-state index contributed by atoms with van der Waals surface area (Å²) in [5.74, 6) is 0. The van der Waals surface area contributed by atoms with Crippen LogP contribution in [0.2, 0.25) is 9.28 Å². The van der Waals surface area contributed by atoms with Crippen LogP contribution in [0.15, 0.2) is 0 Å². The molecule has 0 fully saturated rings. The van der Waals surface area contributed by atoms with Crippen molar-refractivity contribution >= 4 is 0 Å². The van der Waals surface area contributed by atoms with E-state index in [4.69, 9.17) is 0 Å². The van der Waals surface area contributed by atoms with E-state index >= 15 is 0 Å². The maximum absolute atomic E-state index is 3.50. The molecule has 0 atom stereocenters. The van der Waals surface area contributed by atoms with E-state index in [0.29, 0.717) is 0 Å². The molecule has 0 unspecified atom stereocenters. The molecule has 0 aromatic carbocycles. The van der Waals surface area contributed by atoms with E-state index in [0.717, 1.165) is 0 Å². The first kappa shape index (κ1) is 21.0. The minimum Gasteiger partial charge on any atom is -0.668 e. The fraction of sp³-hybridized carbons (Fsp3) is 1.00. The first-order valence-corrected chi connectivity index (χ1v) is 10.4. The number of nitrogens with zero attached hydrogens (tertiary/aromatic N) is 2. The van der Waals surface area contributed by atoms with E-state index in [1.54, 1.807) is 37.5 Å². The Morgan fingerprint density at radius 2 is 1.00 bits per heavy atom. The second kappa shape index (κ2) is 29.3. The van der Waals surface area contributed by atoms with Gasteiger partial charge in [0.1, 0.15) is 0 Å². The molecule has 15 heavy (non-hydrogen) atoms. The molecule has 0 saturated carbocycles. The van der Waals surface area contributed by atoms with Crippen molar-refractivity contribution in [3.05, 3.63) is 10.6 Å². The molecule has 0 N–H and O–H groups in total. The average Bonchev–Trinajstić information content (AvgIpc) is 2.20. The zero-order valence-electron chi connectivity index (χ0n) is 11.6. The molecule has 0 radical (unpaired) electrons. The molecule has 0 aliphatic heterocycles. The number of rotatable bonds is 6. The van der Waals surface area contributed by atoms with Crippen LogP contribution in [-0.4, -0.2) is 28.2 Å². The Morgan fingerprint density at radius 1 is 0.733 bits per heavy atom. The smallest absolute Gasteiger partial charge is 0.162 e. The van der Waals surface area contributed by atoms with Crippen molar-refractivity contribution in [2.75, 3.05) is 28.2 Å². The van der Waals surface area contributed by atoms with E-state index in [-0.39, 0.29) is 19.8 Å².